The Kier molecular flexibility index (Phi) is 5.74. The van der Waals surface area contributed by atoms with Crippen LogP contribution in [0.4, 0.5) is 20.5 Å². The smallest absolute Gasteiger partial charge is 0.387 e. The van der Waals surface area contributed by atoms with Crippen LogP contribution >= 0.6 is 0 Å². The normalized spacial score (nSPS) is 22.5. The maximum Gasteiger partial charge on any atom is 0.387 e. The second-order valence-electron chi connectivity index (χ2n) is 8.82. The van der Waals surface area contributed by atoms with Crippen LogP contribution < -0.4 is 15.0 Å². The van der Waals surface area contributed by atoms with E-state index in [0.717, 1.165) is 30.5 Å². The molecule has 0 radical (unpaired) electrons. The first-order valence-corrected chi connectivity index (χ1v) is 12.2. The van der Waals surface area contributed by atoms with Crippen molar-refractivity contribution in [2.75, 3.05) is 42.8 Å². The molecule has 11 heteroatoms. The molecule has 0 bridgehead atoms. The fourth-order valence-electron chi connectivity index (χ4n) is 4.67. The minimum absolute atomic E-state index is 0.00445. The number of nitrogens with zero attached hydrogens (tertiary/aromatic N) is 3. The van der Waals surface area contributed by atoms with Crippen LogP contribution in [0, 0.1) is 0 Å². The molecule has 2 aromatic rings. The number of benzene rings is 1. The van der Waals surface area contributed by atoms with Crippen molar-refractivity contribution in [1.82, 2.24) is 9.97 Å². The van der Waals surface area contributed by atoms with E-state index >= 15 is 0 Å². The molecule has 1 atom stereocenters. The number of methoxy groups -OCH3 is 1. The van der Waals surface area contributed by atoms with Crippen LogP contribution in [0.25, 0.3) is 0 Å². The molecule has 0 amide bonds. The van der Waals surface area contributed by atoms with Crippen LogP contribution in [-0.4, -0.2) is 64.0 Å². The van der Waals surface area contributed by atoms with Gasteiger partial charge < -0.3 is 24.8 Å². The fourth-order valence-corrected chi connectivity index (χ4v) is 5.97. The number of halogens is 2. The zero-order chi connectivity index (χ0) is 23.2. The Hall–Kier alpha value is -2.37. The van der Waals surface area contributed by atoms with Crippen LogP contribution in [0.2, 0.25) is 0 Å². The summed E-state index contributed by atoms with van der Waals surface area (Å²) in [5, 5.41) is 13.3. The van der Waals surface area contributed by atoms with Gasteiger partial charge in [0.25, 0.3) is 0 Å². The monoisotopic (exact) mass is 480 g/mol. The van der Waals surface area contributed by atoms with Crippen LogP contribution in [0.1, 0.15) is 30.5 Å². The SMILES string of the molecule is COC1(c2ccc(OC(F)F)cc2)CN(c2nc3c(c(NC4(CO)CCC4)n2)S(=O)CC3)C1. The van der Waals surface area contributed by atoms with E-state index in [1.54, 1.807) is 19.2 Å². The molecule has 2 N–H and O–H groups in total. The number of aliphatic hydroxyl groups excluding tert-OH is 1. The molecule has 1 aromatic heterocycles. The number of aliphatic hydroxyl groups is 1. The van der Waals surface area contributed by atoms with Crippen molar-refractivity contribution >= 4 is 22.6 Å². The highest BCUT2D eigenvalue weighted by Crippen LogP contribution is 2.41. The minimum atomic E-state index is -2.87. The van der Waals surface area contributed by atoms with Crippen molar-refractivity contribution in [3.8, 4) is 5.75 Å². The third-order valence-electron chi connectivity index (χ3n) is 6.84. The molecule has 3 aliphatic rings. The first-order chi connectivity index (χ1) is 15.9. The van der Waals surface area contributed by atoms with E-state index in [0.29, 0.717) is 41.9 Å². The Labute approximate surface area is 192 Å². The molecule has 0 spiro atoms. The largest absolute Gasteiger partial charge is 0.435 e. The van der Waals surface area contributed by atoms with Gasteiger partial charge in [-0.2, -0.15) is 13.8 Å². The lowest BCUT2D eigenvalue weighted by Crippen LogP contribution is -2.61. The lowest BCUT2D eigenvalue weighted by atomic mass is 9.77. The summed E-state index contributed by atoms with van der Waals surface area (Å²) >= 11 is 0. The molecule has 3 heterocycles. The molecule has 2 aliphatic heterocycles. The summed E-state index contributed by atoms with van der Waals surface area (Å²) < 4.78 is 47.7. The number of anilines is 2. The Balaban J connectivity index is 1.38. The van der Waals surface area contributed by atoms with Crippen LogP contribution in [-0.2, 0) is 27.6 Å². The molecule has 1 unspecified atom stereocenters. The van der Waals surface area contributed by atoms with Gasteiger partial charge in [-0.05, 0) is 37.0 Å². The standard InChI is InChI=1S/C22H26F2N4O4S/c1-31-22(14-3-5-15(6-4-14)32-19(23)24)11-28(12-22)20-25-16-7-10-33(30)17(16)18(26-20)27-21(13-29)8-2-9-21/h3-6,19,29H,2,7-13H2,1H3,(H,25,26,27). The molecule has 5 rings (SSSR count). The van der Waals surface area contributed by atoms with Crippen LogP contribution in [0.15, 0.2) is 29.2 Å². The minimum Gasteiger partial charge on any atom is -0.435 e. The van der Waals surface area contributed by atoms with E-state index < -0.39 is 28.6 Å². The molecule has 8 nitrogen and oxygen atoms in total. The average Bonchev–Trinajstić information content (AvgIpc) is 3.12. The summed E-state index contributed by atoms with van der Waals surface area (Å²) in [6.07, 6.45) is 3.32. The Morgan fingerprint density at radius 1 is 1.24 bits per heavy atom. The lowest BCUT2D eigenvalue weighted by Gasteiger charge is -2.49. The third kappa shape index (κ3) is 3.95. The van der Waals surface area contributed by atoms with E-state index in [9.17, 15) is 18.1 Å². The predicted molar refractivity (Wildman–Crippen MR) is 118 cm³/mol. The molecule has 33 heavy (non-hydrogen) atoms. The highest BCUT2D eigenvalue weighted by Gasteiger charge is 2.47. The van der Waals surface area contributed by atoms with Gasteiger partial charge in [0.1, 0.15) is 22.1 Å². The highest BCUT2D eigenvalue weighted by atomic mass is 32.2. The molecule has 178 valence electrons. The molecule has 1 saturated heterocycles. The molecule has 1 aromatic carbocycles. The number of nitrogens with one attached hydrogen (secondary N) is 1. The van der Waals surface area contributed by atoms with Gasteiger partial charge in [0.15, 0.2) is 0 Å². The molecular formula is C22H26F2N4O4S. The van der Waals surface area contributed by atoms with E-state index in [1.807, 2.05) is 4.90 Å². The average molecular weight is 481 g/mol. The highest BCUT2D eigenvalue weighted by molar-refractivity contribution is 7.85. The van der Waals surface area contributed by atoms with E-state index in [-0.39, 0.29) is 12.4 Å². The summed E-state index contributed by atoms with van der Waals surface area (Å²) in [6, 6.07) is 6.45. The van der Waals surface area contributed by atoms with Gasteiger partial charge in [0.2, 0.25) is 5.95 Å². The summed E-state index contributed by atoms with van der Waals surface area (Å²) in [5.74, 6) is 1.68. The van der Waals surface area contributed by atoms with Crippen molar-refractivity contribution < 1.29 is 27.6 Å². The number of aromatic nitrogens is 2. The quantitative estimate of drug-likeness (QED) is 0.595. The number of fused-ring (bicyclic) bond motifs is 1. The number of hydrogen-bond donors (Lipinski definition) is 2. The number of aryl methyl sites for hydroxylation is 1. The summed E-state index contributed by atoms with van der Waals surface area (Å²) in [4.78, 5) is 12.0. The van der Waals surface area contributed by atoms with Crippen molar-refractivity contribution in [3.05, 3.63) is 35.5 Å². The van der Waals surface area contributed by atoms with Crippen molar-refractivity contribution in [2.24, 2.45) is 0 Å². The van der Waals surface area contributed by atoms with Gasteiger partial charge in [-0.25, -0.2) is 4.98 Å². The summed E-state index contributed by atoms with van der Waals surface area (Å²) in [7, 11) is 0.453. The van der Waals surface area contributed by atoms with Crippen molar-refractivity contribution in [3.63, 3.8) is 0 Å². The van der Waals surface area contributed by atoms with Crippen LogP contribution in [0.5, 0.6) is 5.75 Å². The lowest BCUT2D eigenvalue weighted by molar-refractivity contribution is -0.0503. The Bertz CT molecular complexity index is 1050. The maximum absolute atomic E-state index is 12.6. The van der Waals surface area contributed by atoms with E-state index in [2.05, 4.69) is 15.0 Å². The number of alkyl halides is 2. The van der Waals surface area contributed by atoms with Crippen molar-refractivity contribution in [1.29, 1.82) is 0 Å². The first kappa shape index (κ1) is 22.4. The van der Waals surface area contributed by atoms with E-state index in [4.69, 9.17) is 9.72 Å². The zero-order valence-electron chi connectivity index (χ0n) is 18.2. The Morgan fingerprint density at radius 2 is 1.97 bits per heavy atom. The topological polar surface area (TPSA) is 96.8 Å². The second kappa shape index (κ2) is 8.44. The predicted octanol–water partition coefficient (Wildman–Crippen LogP) is 2.43. The van der Waals surface area contributed by atoms with E-state index in [1.165, 1.54) is 12.1 Å². The maximum atomic E-state index is 12.6. The number of ether oxygens (including phenoxy) is 2. The first-order valence-electron chi connectivity index (χ1n) is 10.9. The van der Waals surface area contributed by atoms with Gasteiger partial charge in [-0.15, -0.1) is 0 Å². The number of hydrogen-bond acceptors (Lipinski definition) is 8. The van der Waals surface area contributed by atoms with Crippen molar-refractivity contribution in [2.45, 2.75) is 48.3 Å². The molecule has 2 fully saturated rings. The third-order valence-corrected chi connectivity index (χ3v) is 8.30. The van der Waals surface area contributed by atoms with Gasteiger partial charge in [-0.1, -0.05) is 12.1 Å². The number of rotatable bonds is 8. The molecular weight excluding hydrogens is 454 g/mol. The zero-order valence-corrected chi connectivity index (χ0v) is 19.0. The summed E-state index contributed by atoms with van der Waals surface area (Å²) in [5.41, 5.74) is 0.580. The Morgan fingerprint density at radius 3 is 2.55 bits per heavy atom. The van der Waals surface area contributed by atoms with Gasteiger partial charge in [0, 0.05) is 19.3 Å². The fraction of sp³-hybridized carbons (Fsp3) is 0.545. The molecule has 1 saturated carbocycles. The molecule has 1 aliphatic carbocycles. The van der Waals surface area contributed by atoms with Gasteiger partial charge >= 0.3 is 6.61 Å². The second-order valence-corrected chi connectivity index (χ2v) is 10.3. The van der Waals surface area contributed by atoms with Crippen LogP contribution in [0.3, 0.4) is 0 Å². The van der Waals surface area contributed by atoms with Gasteiger partial charge in [0.05, 0.1) is 41.7 Å². The summed E-state index contributed by atoms with van der Waals surface area (Å²) in [6.45, 7) is -1.92. The van der Waals surface area contributed by atoms with Gasteiger partial charge in [-0.3, -0.25) is 4.21 Å².